The number of hydrazone groups is 1. The normalized spacial score (nSPS) is 11.5. The lowest BCUT2D eigenvalue weighted by Crippen LogP contribution is -2.39. The van der Waals surface area contributed by atoms with Crippen molar-refractivity contribution in [3.05, 3.63) is 47.5 Å². The van der Waals surface area contributed by atoms with Crippen molar-refractivity contribution in [3.8, 4) is 17.2 Å². The summed E-state index contributed by atoms with van der Waals surface area (Å²) in [6, 6.07) is 10.4. The molecule has 32 heavy (non-hydrogen) atoms. The van der Waals surface area contributed by atoms with E-state index in [1.54, 1.807) is 24.3 Å². The summed E-state index contributed by atoms with van der Waals surface area (Å²) in [6.07, 6.45) is 2.44. The van der Waals surface area contributed by atoms with E-state index in [2.05, 4.69) is 10.5 Å². The summed E-state index contributed by atoms with van der Waals surface area (Å²) in [5.41, 5.74) is 4.41. The van der Waals surface area contributed by atoms with Gasteiger partial charge in [0.1, 0.15) is 6.54 Å². The molecule has 0 aliphatic rings. The van der Waals surface area contributed by atoms with Crippen LogP contribution in [0.1, 0.15) is 30.9 Å². The molecule has 0 aliphatic heterocycles. The lowest BCUT2D eigenvalue weighted by molar-refractivity contribution is -0.119. The zero-order chi connectivity index (χ0) is 23.9. The molecule has 9 nitrogen and oxygen atoms in total. The van der Waals surface area contributed by atoms with Gasteiger partial charge in [-0.25, -0.2) is 13.8 Å². The van der Waals surface area contributed by atoms with E-state index in [1.807, 2.05) is 26.0 Å². The molecule has 0 atom stereocenters. The second-order valence-corrected chi connectivity index (χ2v) is 9.17. The Labute approximate surface area is 189 Å². The van der Waals surface area contributed by atoms with Crippen LogP contribution in [-0.4, -0.2) is 54.7 Å². The minimum atomic E-state index is -3.68. The maximum absolute atomic E-state index is 12.4. The fourth-order valence-corrected chi connectivity index (χ4v) is 3.80. The Morgan fingerprint density at radius 2 is 1.62 bits per heavy atom. The summed E-state index contributed by atoms with van der Waals surface area (Å²) in [5.74, 6) is 1.03. The number of sulfonamides is 1. The minimum absolute atomic E-state index is 0.309. The van der Waals surface area contributed by atoms with Gasteiger partial charge in [0.15, 0.2) is 11.5 Å². The van der Waals surface area contributed by atoms with Crippen LogP contribution in [0.3, 0.4) is 0 Å². The van der Waals surface area contributed by atoms with E-state index in [0.717, 1.165) is 16.1 Å². The molecule has 2 aromatic carbocycles. The fourth-order valence-electron chi connectivity index (χ4n) is 2.95. The van der Waals surface area contributed by atoms with Crippen molar-refractivity contribution >= 4 is 27.8 Å². The number of benzene rings is 2. The predicted molar refractivity (Wildman–Crippen MR) is 125 cm³/mol. The molecule has 0 fully saturated rings. The van der Waals surface area contributed by atoms with Crippen molar-refractivity contribution in [1.29, 1.82) is 0 Å². The Morgan fingerprint density at radius 3 is 2.06 bits per heavy atom. The summed E-state index contributed by atoms with van der Waals surface area (Å²) < 4.78 is 41.4. The molecule has 10 heteroatoms. The summed E-state index contributed by atoms with van der Waals surface area (Å²) >= 11 is 0. The van der Waals surface area contributed by atoms with Gasteiger partial charge >= 0.3 is 0 Å². The lowest BCUT2D eigenvalue weighted by Gasteiger charge is -2.21. The Hall–Kier alpha value is -3.27. The number of ether oxygens (including phenoxy) is 3. The molecule has 0 aromatic heterocycles. The van der Waals surface area contributed by atoms with Gasteiger partial charge in [0.2, 0.25) is 15.8 Å². The largest absolute Gasteiger partial charge is 0.493 e. The van der Waals surface area contributed by atoms with Crippen LogP contribution in [0.4, 0.5) is 5.69 Å². The molecule has 174 valence electrons. The molecule has 0 unspecified atom stereocenters. The van der Waals surface area contributed by atoms with Crippen LogP contribution < -0.4 is 23.9 Å². The maximum atomic E-state index is 12.4. The van der Waals surface area contributed by atoms with Gasteiger partial charge in [-0.2, -0.15) is 5.10 Å². The number of nitrogens with one attached hydrogen (secondary N) is 1. The third kappa shape index (κ3) is 6.36. The molecule has 0 bridgehead atoms. The first kappa shape index (κ1) is 25.0. The number of carbonyl (C=O) groups is 1. The highest BCUT2D eigenvalue weighted by atomic mass is 32.2. The molecule has 1 N–H and O–H groups in total. The van der Waals surface area contributed by atoms with Crippen LogP contribution in [0.5, 0.6) is 17.2 Å². The minimum Gasteiger partial charge on any atom is -0.493 e. The van der Waals surface area contributed by atoms with Gasteiger partial charge in [0, 0.05) is 5.56 Å². The zero-order valence-electron chi connectivity index (χ0n) is 19.1. The van der Waals surface area contributed by atoms with Crippen LogP contribution in [-0.2, 0) is 14.8 Å². The lowest BCUT2D eigenvalue weighted by atomic mass is 10.0. The first-order chi connectivity index (χ1) is 15.1. The zero-order valence-corrected chi connectivity index (χ0v) is 19.9. The average molecular weight is 464 g/mol. The standard InChI is InChI=1S/C22H29N3O6S/c1-15(2)17-7-9-18(10-8-17)25(32(6,27)28)14-21(26)24-23-13-16-11-19(29-3)22(31-5)20(12-16)30-4/h7-13,15H,14H2,1-6H3,(H,24,26)/b23-13-. The smallest absolute Gasteiger partial charge is 0.260 e. The first-order valence-electron chi connectivity index (χ1n) is 9.80. The van der Waals surface area contributed by atoms with Crippen LogP contribution in [0.2, 0.25) is 0 Å². The molecular weight excluding hydrogens is 434 g/mol. The average Bonchev–Trinajstić information content (AvgIpc) is 2.76. The van der Waals surface area contributed by atoms with Gasteiger partial charge in [0.05, 0.1) is 39.5 Å². The number of amides is 1. The topological polar surface area (TPSA) is 107 Å². The van der Waals surface area contributed by atoms with E-state index >= 15 is 0 Å². The highest BCUT2D eigenvalue weighted by molar-refractivity contribution is 7.92. The molecule has 0 heterocycles. The fraction of sp³-hybridized carbons (Fsp3) is 0.364. The van der Waals surface area contributed by atoms with Crippen LogP contribution in [0.15, 0.2) is 41.5 Å². The molecule has 1 amide bonds. The van der Waals surface area contributed by atoms with Gasteiger partial charge in [-0.3, -0.25) is 9.10 Å². The van der Waals surface area contributed by atoms with Crippen LogP contribution in [0, 0.1) is 0 Å². The van der Waals surface area contributed by atoms with Crippen molar-refractivity contribution in [2.75, 3.05) is 38.4 Å². The molecular formula is C22H29N3O6S. The summed E-state index contributed by atoms with van der Waals surface area (Å²) in [5, 5.41) is 3.92. The van der Waals surface area contributed by atoms with Gasteiger partial charge in [-0.05, 0) is 35.7 Å². The van der Waals surface area contributed by atoms with E-state index in [-0.39, 0.29) is 0 Å². The maximum Gasteiger partial charge on any atom is 0.260 e. The number of carbonyl (C=O) groups excluding carboxylic acids is 1. The third-order valence-electron chi connectivity index (χ3n) is 4.63. The third-order valence-corrected chi connectivity index (χ3v) is 5.77. The Bertz CT molecular complexity index is 1040. The van der Waals surface area contributed by atoms with Gasteiger partial charge in [0.25, 0.3) is 5.91 Å². The Morgan fingerprint density at radius 1 is 1.06 bits per heavy atom. The number of hydrogen-bond donors (Lipinski definition) is 1. The highest BCUT2D eigenvalue weighted by Gasteiger charge is 2.21. The van der Waals surface area contributed by atoms with Crippen molar-refractivity contribution < 1.29 is 27.4 Å². The number of nitrogens with zero attached hydrogens (tertiary/aromatic N) is 2. The van der Waals surface area contributed by atoms with E-state index < -0.39 is 22.5 Å². The van der Waals surface area contributed by atoms with Crippen molar-refractivity contribution in [2.24, 2.45) is 5.10 Å². The van der Waals surface area contributed by atoms with Crippen molar-refractivity contribution in [2.45, 2.75) is 19.8 Å². The number of anilines is 1. The van der Waals surface area contributed by atoms with E-state index in [4.69, 9.17) is 14.2 Å². The van der Waals surface area contributed by atoms with Crippen LogP contribution in [0.25, 0.3) is 0 Å². The van der Waals surface area contributed by atoms with Crippen molar-refractivity contribution in [1.82, 2.24) is 5.43 Å². The summed E-state index contributed by atoms with van der Waals surface area (Å²) in [7, 11) is 0.810. The van der Waals surface area contributed by atoms with Crippen LogP contribution >= 0.6 is 0 Å². The second-order valence-electron chi connectivity index (χ2n) is 7.27. The molecule has 2 rings (SSSR count). The quantitative estimate of drug-likeness (QED) is 0.429. The summed E-state index contributed by atoms with van der Waals surface area (Å²) in [6.45, 7) is 3.68. The van der Waals surface area contributed by atoms with Gasteiger partial charge in [-0.15, -0.1) is 0 Å². The van der Waals surface area contributed by atoms with Gasteiger partial charge in [-0.1, -0.05) is 26.0 Å². The molecule has 0 saturated heterocycles. The van der Waals surface area contributed by atoms with E-state index in [0.29, 0.717) is 34.4 Å². The number of rotatable bonds is 10. The first-order valence-corrected chi connectivity index (χ1v) is 11.6. The SMILES string of the molecule is COc1cc(/C=N\NC(=O)CN(c2ccc(C(C)C)cc2)S(C)(=O)=O)cc(OC)c1OC. The molecule has 0 aliphatic carbocycles. The van der Waals surface area contributed by atoms with E-state index in [1.165, 1.54) is 27.5 Å². The summed E-state index contributed by atoms with van der Waals surface area (Å²) in [4.78, 5) is 12.4. The van der Waals surface area contributed by atoms with Crippen molar-refractivity contribution in [3.63, 3.8) is 0 Å². The molecule has 0 spiro atoms. The number of methoxy groups -OCH3 is 3. The van der Waals surface area contributed by atoms with Gasteiger partial charge < -0.3 is 14.2 Å². The van der Waals surface area contributed by atoms with E-state index in [9.17, 15) is 13.2 Å². The predicted octanol–water partition coefficient (Wildman–Crippen LogP) is 2.75. The highest BCUT2D eigenvalue weighted by Crippen LogP contribution is 2.37. The Balaban J connectivity index is 2.15. The second kappa shape index (κ2) is 10.9. The monoisotopic (exact) mass is 463 g/mol. The Kier molecular flexibility index (Phi) is 8.48. The molecule has 0 saturated carbocycles. The molecule has 0 radical (unpaired) electrons. The number of hydrogen-bond acceptors (Lipinski definition) is 7. The molecule has 2 aromatic rings.